The highest BCUT2D eigenvalue weighted by Crippen LogP contribution is 2.47. The summed E-state index contributed by atoms with van der Waals surface area (Å²) in [4.78, 5) is 0. The molecule has 0 saturated heterocycles. The average molecular weight is 356 g/mol. The van der Waals surface area contributed by atoms with E-state index in [1.165, 1.54) is 5.56 Å². The van der Waals surface area contributed by atoms with E-state index in [4.69, 9.17) is 15.2 Å². The Morgan fingerprint density at radius 1 is 1.29 bits per heavy atom. The summed E-state index contributed by atoms with van der Waals surface area (Å²) in [5, 5.41) is 0. The second-order valence-corrected chi connectivity index (χ2v) is 7.27. The van der Waals surface area contributed by atoms with Crippen LogP contribution in [0.2, 0.25) is 0 Å². The molecule has 1 atom stereocenters. The van der Waals surface area contributed by atoms with Gasteiger partial charge in [-0.1, -0.05) is 29.8 Å². The lowest BCUT2D eigenvalue weighted by atomic mass is 9.83. The van der Waals surface area contributed by atoms with Crippen LogP contribution in [0.15, 0.2) is 10.5 Å². The van der Waals surface area contributed by atoms with Crippen molar-refractivity contribution in [2.75, 3.05) is 13.2 Å². The van der Waals surface area contributed by atoms with Crippen LogP contribution in [0.4, 0.5) is 0 Å². The summed E-state index contributed by atoms with van der Waals surface area (Å²) in [6, 6.07) is 2.01. The Bertz CT molecular complexity index is 514. The molecule has 0 radical (unpaired) electrons. The van der Waals surface area contributed by atoms with Gasteiger partial charge >= 0.3 is 0 Å². The zero-order valence-electron chi connectivity index (χ0n) is 13.5. The smallest absolute Gasteiger partial charge is 0.166 e. The van der Waals surface area contributed by atoms with Gasteiger partial charge in [-0.25, -0.2) is 0 Å². The number of benzene rings is 1. The van der Waals surface area contributed by atoms with Gasteiger partial charge in [0.1, 0.15) is 0 Å². The Morgan fingerprint density at radius 3 is 2.57 bits per heavy atom. The summed E-state index contributed by atoms with van der Waals surface area (Å²) in [5.74, 6) is 1.63. The minimum absolute atomic E-state index is 0.0178. The van der Waals surface area contributed by atoms with E-state index in [0.717, 1.165) is 40.8 Å². The third-order valence-corrected chi connectivity index (χ3v) is 4.83. The first-order valence-corrected chi connectivity index (χ1v) is 8.55. The molecule has 0 aliphatic heterocycles. The molecule has 1 unspecified atom stereocenters. The van der Waals surface area contributed by atoms with Crippen LogP contribution < -0.4 is 15.2 Å². The maximum atomic E-state index is 6.53. The van der Waals surface area contributed by atoms with Crippen molar-refractivity contribution in [1.82, 2.24) is 0 Å². The average Bonchev–Trinajstić information content (AvgIpc) is 2.51. The number of hydrogen-bond donors (Lipinski definition) is 1. The molecule has 1 aliphatic carbocycles. The van der Waals surface area contributed by atoms with Crippen LogP contribution in [0.5, 0.6) is 11.5 Å². The zero-order valence-corrected chi connectivity index (χ0v) is 15.0. The Morgan fingerprint density at radius 2 is 1.95 bits per heavy atom. The molecule has 0 heterocycles. The normalized spacial score (nSPS) is 20.6. The van der Waals surface area contributed by atoms with Gasteiger partial charge in [0.2, 0.25) is 0 Å². The van der Waals surface area contributed by atoms with Crippen molar-refractivity contribution in [2.45, 2.75) is 53.0 Å². The van der Waals surface area contributed by atoms with E-state index in [1.54, 1.807) is 0 Å². The quantitative estimate of drug-likeness (QED) is 0.802. The molecule has 21 heavy (non-hydrogen) atoms. The molecule has 1 aromatic rings. The van der Waals surface area contributed by atoms with Gasteiger partial charge in [0.25, 0.3) is 0 Å². The van der Waals surface area contributed by atoms with E-state index >= 15 is 0 Å². The standard InChI is InChI=1S/C17H26BrNO2/c1-5-20-14-9-12(18)11-7-8-17(3,4)10-13(19)15(11)16(14)21-6-2/h9,13H,5-8,10,19H2,1-4H3. The molecular formula is C17H26BrNO2. The molecule has 2 N–H and O–H groups in total. The highest BCUT2D eigenvalue weighted by molar-refractivity contribution is 9.10. The monoisotopic (exact) mass is 355 g/mol. The first-order chi connectivity index (χ1) is 9.89. The Balaban J connectivity index is 2.59. The first kappa shape index (κ1) is 16.6. The molecule has 0 saturated carbocycles. The van der Waals surface area contributed by atoms with Crippen molar-refractivity contribution in [2.24, 2.45) is 11.1 Å². The highest BCUT2D eigenvalue weighted by atomic mass is 79.9. The van der Waals surface area contributed by atoms with Gasteiger partial charge in [0, 0.05) is 16.1 Å². The Kier molecular flexibility index (Phi) is 5.20. The third kappa shape index (κ3) is 3.54. The Hall–Kier alpha value is -0.740. The van der Waals surface area contributed by atoms with Crippen LogP contribution in [-0.4, -0.2) is 13.2 Å². The molecule has 0 spiro atoms. The minimum atomic E-state index is -0.0178. The summed E-state index contributed by atoms with van der Waals surface area (Å²) >= 11 is 3.70. The number of ether oxygens (including phenoxy) is 2. The lowest BCUT2D eigenvalue weighted by Gasteiger charge is -2.26. The molecule has 0 fully saturated rings. The molecular weight excluding hydrogens is 330 g/mol. The summed E-state index contributed by atoms with van der Waals surface area (Å²) in [5.41, 5.74) is 9.18. The maximum Gasteiger partial charge on any atom is 0.166 e. The molecule has 2 rings (SSSR count). The third-order valence-electron chi connectivity index (χ3n) is 4.12. The summed E-state index contributed by atoms with van der Waals surface area (Å²) in [6.07, 6.45) is 3.11. The fourth-order valence-electron chi connectivity index (χ4n) is 3.13. The van der Waals surface area contributed by atoms with Gasteiger partial charge in [0.15, 0.2) is 11.5 Å². The largest absolute Gasteiger partial charge is 0.490 e. The molecule has 118 valence electrons. The zero-order chi connectivity index (χ0) is 15.6. The van der Waals surface area contributed by atoms with E-state index in [0.29, 0.717) is 13.2 Å². The fraction of sp³-hybridized carbons (Fsp3) is 0.647. The fourth-order valence-corrected chi connectivity index (χ4v) is 3.75. The van der Waals surface area contributed by atoms with Crippen molar-refractivity contribution in [3.05, 3.63) is 21.7 Å². The van der Waals surface area contributed by atoms with Gasteiger partial charge in [0.05, 0.1) is 13.2 Å². The van der Waals surface area contributed by atoms with Gasteiger partial charge in [-0.05, 0) is 50.2 Å². The van der Waals surface area contributed by atoms with Crippen LogP contribution in [0.25, 0.3) is 0 Å². The summed E-state index contributed by atoms with van der Waals surface area (Å²) in [6.45, 7) is 9.79. The molecule has 4 heteroatoms. The van der Waals surface area contributed by atoms with Gasteiger partial charge < -0.3 is 15.2 Å². The van der Waals surface area contributed by atoms with E-state index in [2.05, 4.69) is 29.8 Å². The van der Waals surface area contributed by atoms with Gasteiger partial charge in [-0.2, -0.15) is 0 Å². The van der Waals surface area contributed by atoms with Crippen molar-refractivity contribution < 1.29 is 9.47 Å². The van der Waals surface area contributed by atoms with Gasteiger partial charge in [-0.15, -0.1) is 0 Å². The number of rotatable bonds is 4. The van der Waals surface area contributed by atoms with E-state index in [9.17, 15) is 0 Å². The molecule has 0 amide bonds. The highest BCUT2D eigenvalue weighted by Gasteiger charge is 2.32. The topological polar surface area (TPSA) is 44.5 Å². The number of hydrogen-bond acceptors (Lipinski definition) is 3. The molecule has 3 nitrogen and oxygen atoms in total. The lowest BCUT2D eigenvalue weighted by Crippen LogP contribution is -2.20. The van der Waals surface area contributed by atoms with Gasteiger partial charge in [-0.3, -0.25) is 0 Å². The maximum absolute atomic E-state index is 6.53. The van der Waals surface area contributed by atoms with Crippen molar-refractivity contribution >= 4 is 15.9 Å². The molecule has 1 aromatic carbocycles. The van der Waals surface area contributed by atoms with Crippen LogP contribution in [0.1, 0.15) is 57.7 Å². The summed E-state index contributed by atoms with van der Waals surface area (Å²) in [7, 11) is 0. The van der Waals surface area contributed by atoms with Crippen LogP contribution in [0.3, 0.4) is 0 Å². The number of halogens is 1. The second-order valence-electron chi connectivity index (χ2n) is 6.42. The van der Waals surface area contributed by atoms with E-state index < -0.39 is 0 Å². The molecule has 1 aliphatic rings. The van der Waals surface area contributed by atoms with E-state index in [1.807, 2.05) is 19.9 Å². The lowest BCUT2D eigenvalue weighted by molar-refractivity contribution is 0.275. The van der Waals surface area contributed by atoms with Crippen molar-refractivity contribution in [1.29, 1.82) is 0 Å². The predicted octanol–water partition coefficient (Wildman–Crippen LogP) is 4.61. The molecule has 0 bridgehead atoms. The predicted molar refractivity (Wildman–Crippen MR) is 90.1 cm³/mol. The number of fused-ring (bicyclic) bond motifs is 1. The molecule has 0 aromatic heterocycles. The van der Waals surface area contributed by atoms with Crippen molar-refractivity contribution in [3.63, 3.8) is 0 Å². The van der Waals surface area contributed by atoms with Crippen LogP contribution >= 0.6 is 15.9 Å². The van der Waals surface area contributed by atoms with Crippen LogP contribution in [0, 0.1) is 5.41 Å². The second kappa shape index (κ2) is 6.57. The van der Waals surface area contributed by atoms with Crippen molar-refractivity contribution in [3.8, 4) is 11.5 Å². The Labute approximate surface area is 136 Å². The first-order valence-electron chi connectivity index (χ1n) is 7.76. The number of nitrogens with two attached hydrogens (primary N) is 1. The SMILES string of the molecule is CCOc1cc(Br)c2c(c1OCC)C(N)CC(C)(C)CC2. The van der Waals surface area contributed by atoms with E-state index in [-0.39, 0.29) is 11.5 Å². The van der Waals surface area contributed by atoms with Crippen LogP contribution in [-0.2, 0) is 6.42 Å². The summed E-state index contributed by atoms with van der Waals surface area (Å²) < 4.78 is 12.8. The minimum Gasteiger partial charge on any atom is -0.490 e.